The molecule has 0 radical (unpaired) electrons. The monoisotopic (exact) mass is 316 g/mol. The van der Waals surface area contributed by atoms with Crippen molar-refractivity contribution in [1.29, 1.82) is 0 Å². The molecule has 0 amide bonds. The molecule has 2 atom stereocenters. The lowest BCUT2D eigenvalue weighted by molar-refractivity contribution is 0.631. The minimum Gasteiger partial charge on any atom is -0.333 e. The number of hydrogen-bond acceptors (Lipinski definition) is 3. The van der Waals surface area contributed by atoms with Gasteiger partial charge in [-0.05, 0) is 31.5 Å². The molecule has 1 heterocycles. The Kier molecular flexibility index (Phi) is 4.09. The normalized spacial score (nSPS) is 24.4. The largest absolute Gasteiger partial charge is 0.333 e. The summed E-state index contributed by atoms with van der Waals surface area (Å²) < 4.78 is 14.4. The second-order valence-electron chi connectivity index (χ2n) is 4.20. The van der Waals surface area contributed by atoms with E-state index in [1.165, 1.54) is 6.07 Å². The van der Waals surface area contributed by atoms with E-state index in [0.29, 0.717) is 17.0 Å². The van der Waals surface area contributed by atoms with Gasteiger partial charge in [0.2, 0.25) is 0 Å². The molecule has 0 aliphatic carbocycles. The highest BCUT2D eigenvalue weighted by Gasteiger charge is 2.19. The first-order valence-corrected chi connectivity index (χ1v) is 7.18. The van der Waals surface area contributed by atoms with Crippen LogP contribution in [-0.4, -0.2) is 16.5 Å². The first-order valence-electron chi connectivity index (χ1n) is 5.51. The fourth-order valence-corrected chi connectivity index (χ4v) is 3.30. The summed E-state index contributed by atoms with van der Waals surface area (Å²) in [5, 5.41) is 4.37. The van der Waals surface area contributed by atoms with E-state index >= 15 is 0 Å². The summed E-state index contributed by atoms with van der Waals surface area (Å²) in [5.41, 5.74) is 0.465. The molecule has 0 aromatic heterocycles. The molecule has 1 aliphatic rings. The van der Waals surface area contributed by atoms with Crippen LogP contribution in [0.5, 0.6) is 0 Å². The minimum atomic E-state index is -0.262. The van der Waals surface area contributed by atoms with Gasteiger partial charge in [-0.3, -0.25) is 4.99 Å². The molecule has 0 saturated heterocycles. The highest BCUT2D eigenvalue weighted by atomic mass is 79.9. The third-order valence-corrected chi connectivity index (χ3v) is 4.01. The first kappa shape index (κ1) is 12.9. The lowest BCUT2D eigenvalue weighted by Gasteiger charge is -2.23. The molecule has 17 heavy (non-hydrogen) atoms. The maximum atomic E-state index is 13.6. The highest BCUT2D eigenvalue weighted by Crippen LogP contribution is 2.27. The van der Waals surface area contributed by atoms with Crippen molar-refractivity contribution in [3.05, 3.63) is 28.5 Å². The fraction of sp³-hybridized carbons (Fsp3) is 0.417. The van der Waals surface area contributed by atoms with Gasteiger partial charge in [-0.25, -0.2) is 4.39 Å². The van der Waals surface area contributed by atoms with E-state index < -0.39 is 0 Å². The van der Waals surface area contributed by atoms with Crippen LogP contribution in [0.25, 0.3) is 0 Å². The van der Waals surface area contributed by atoms with Crippen molar-refractivity contribution in [2.75, 3.05) is 5.32 Å². The van der Waals surface area contributed by atoms with Gasteiger partial charge in [0.05, 0.1) is 11.7 Å². The molecule has 5 heteroatoms. The number of nitrogens with one attached hydrogen (secondary N) is 1. The van der Waals surface area contributed by atoms with E-state index in [4.69, 9.17) is 0 Å². The SMILES string of the molecule is CC1CC(C)SC(Nc2cc(Br)ccc2F)=N1. The molecule has 2 nitrogen and oxygen atoms in total. The Hall–Kier alpha value is -0.550. The highest BCUT2D eigenvalue weighted by molar-refractivity contribution is 9.10. The maximum absolute atomic E-state index is 13.6. The number of halogens is 2. The number of thioether (sulfide) groups is 1. The zero-order valence-corrected chi connectivity index (χ0v) is 12.1. The lowest BCUT2D eigenvalue weighted by Crippen LogP contribution is -2.23. The summed E-state index contributed by atoms with van der Waals surface area (Å²) in [6.45, 7) is 4.24. The van der Waals surface area contributed by atoms with Crippen LogP contribution in [0.4, 0.5) is 10.1 Å². The van der Waals surface area contributed by atoms with Crippen molar-refractivity contribution in [3.8, 4) is 0 Å². The second-order valence-corrected chi connectivity index (χ2v) is 6.54. The zero-order chi connectivity index (χ0) is 12.4. The van der Waals surface area contributed by atoms with Gasteiger partial charge in [0.25, 0.3) is 0 Å². The lowest BCUT2D eigenvalue weighted by atomic mass is 10.2. The van der Waals surface area contributed by atoms with Crippen LogP contribution in [0, 0.1) is 5.82 Å². The van der Waals surface area contributed by atoms with Crippen LogP contribution >= 0.6 is 27.7 Å². The number of benzene rings is 1. The molecule has 1 N–H and O–H groups in total. The van der Waals surface area contributed by atoms with Gasteiger partial charge in [-0.15, -0.1) is 0 Å². The van der Waals surface area contributed by atoms with E-state index in [9.17, 15) is 4.39 Å². The summed E-state index contributed by atoms with van der Waals surface area (Å²) in [5.74, 6) is -0.262. The molecular weight excluding hydrogens is 303 g/mol. The van der Waals surface area contributed by atoms with Crippen LogP contribution < -0.4 is 5.32 Å². The Morgan fingerprint density at radius 1 is 1.47 bits per heavy atom. The van der Waals surface area contributed by atoms with Crippen molar-refractivity contribution in [2.45, 2.75) is 31.6 Å². The van der Waals surface area contributed by atoms with Gasteiger partial charge in [0.15, 0.2) is 5.17 Å². The van der Waals surface area contributed by atoms with Crippen LogP contribution in [0.15, 0.2) is 27.7 Å². The van der Waals surface area contributed by atoms with Crippen LogP contribution in [-0.2, 0) is 0 Å². The van der Waals surface area contributed by atoms with Crippen molar-refractivity contribution in [3.63, 3.8) is 0 Å². The van der Waals surface area contributed by atoms with Crippen molar-refractivity contribution < 1.29 is 4.39 Å². The summed E-state index contributed by atoms with van der Waals surface area (Å²) in [4.78, 5) is 4.49. The Labute approximate surface area is 113 Å². The molecule has 0 bridgehead atoms. The Balaban J connectivity index is 2.18. The number of anilines is 1. The van der Waals surface area contributed by atoms with Crippen molar-refractivity contribution in [2.24, 2.45) is 4.99 Å². The summed E-state index contributed by atoms with van der Waals surface area (Å²) >= 11 is 4.99. The second kappa shape index (κ2) is 5.40. The van der Waals surface area contributed by atoms with E-state index in [-0.39, 0.29) is 5.82 Å². The number of hydrogen-bond donors (Lipinski definition) is 1. The third-order valence-electron chi connectivity index (χ3n) is 2.49. The number of nitrogens with zero attached hydrogens (tertiary/aromatic N) is 1. The average molecular weight is 317 g/mol. The first-order chi connectivity index (χ1) is 8.04. The van der Waals surface area contributed by atoms with Gasteiger partial charge >= 0.3 is 0 Å². The van der Waals surface area contributed by atoms with Crippen LogP contribution in [0.3, 0.4) is 0 Å². The predicted octanol–water partition coefficient (Wildman–Crippen LogP) is 4.27. The topological polar surface area (TPSA) is 24.4 Å². The van der Waals surface area contributed by atoms with Crippen molar-refractivity contribution in [1.82, 2.24) is 0 Å². The minimum absolute atomic E-state index is 0.262. The number of rotatable bonds is 1. The van der Waals surface area contributed by atoms with Gasteiger partial charge in [0.1, 0.15) is 5.82 Å². The summed E-state index contributed by atoms with van der Waals surface area (Å²) in [6.07, 6.45) is 1.07. The van der Waals surface area contributed by atoms with Crippen molar-refractivity contribution >= 4 is 38.5 Å². The summed E-state index contributed by atoms with van der Waals surface area (Å²) in [7, 11) is 0. The smallest absolute Gasteiger partial charge is 0.161 e. The summed E-state index contributed by atoms with van der Waals surface area (Å²) in [6, 6.07) is 5.14. The Morgan fingerprint density at radius 3 is 2.94 bits per heavy atom. The standard InChI is InChI=1S/C12H14BrFN2S/c1-7-5-8(2)17-12(15-7)16-11-6-9(13)3-4-10(11)14/h3-4,6-8H,5H2,1-2H3,(H,15,16). The maximum Gasteiger partial charge on any atom is 0.161 e. The third kappa shape index (κ3) is 3.45. The van der Waals surface area contributed by atoms with E-state index in [1.54, 1.807) is 23.9 Å². The van der Waals surface area contributed by atoms with Gasteiger partial charge in [0, 0.05) is 9.72 Å². The fourth-order valence-electron chi connectivity index (χ4n) is 1.77. The predicted molar refractivity (Wildman–Crippen MR) is 76.3 cm³/mol. The molecule has 0 spiro atoms. The molecule has 2 unspecified atom stereocenters. The van der Waals surface area contributed by atoms with E-state index in [2.05, 4.69) is 40.1 Å². The molecular formula is C12H14BrFN2S. The molecule has 1 aromatic rings. The molecule has 1 aromatic carbocycles. The van der Waals surface area contributed by atoms with Crippen LogP contribution in [0.2, 0.25) is 0 Å². The molecule has 0 fully saturated rings. The average Bonchev–Trinajstić information content (AvgIpc) is 2.22. The molecule has 2 rings (SSSR count). The van der Waals surface area contributed by atoms with Crippen LogP contribution in [0.1, 0.15) is 20.3 Å². The Bertz CT molecular complexity index is 450. The quantitative estimate of drug-likeness (QED) is 0.836. The Morgan fingerprint density at radius 2 is 2.24 bits per heavy atom. The molecule has 0 saturated carbocycles. The number of aliphatic imine (C=N–C) groups is 1. The molecule has 1 aliphatic heterocycles. The molecule has 92 valence electrons. The van der Waals surface area contributed by atoms with Gasteiger partial charge in [-0.1, -0.05) is 34.6 Å². The van der Waals surface area contributed by atoms with Gasteiger partial charge < -0.3 is 5.32 Å². The number of amidine groups is 1. The van der Waals surface area contributed by atoms with Gasteiger partial charge in [-0.2, -0.15) is 0 Å². The zero-order valence-electron chi connectivity index (χ0n) is 9.71. The van der Waals surface area contributed by atoms with E-state index in [1.807, 2.05) is 0 Å². The van der Waals surface area contributed by atoms with E-state index in [0.717, 1.165) is 16.1 Å².